The third-order valence-electron chi connectivity index (χ3n) is 3.85. The Labute approximate surface area is 129 Å². The van der Waals surface area contributed by atoms with Gasteiger partial charge in [0.05, 0.1) is 5.69 Å². The number of nitrogen functional groups attached to an aromatic ring is 1. The Morgan fingerprint density at radius 2 is 1.91 bits per heavy atom. The molecule has 23 heavy (non-hydrogen) atoms. The van der Waals surface area contributed by atoms with Crippen molar-refractivity contribution in [2.45, 2.75) is 13.3 Å². The number of anilines is 1. The zero-order valence-corrected chi connectivity index (χ0v) is 12.2. The molecule has 1 heterocycles. The van der Waals surface area contributed by atoms with Gasteiger partial charge in [0, 0.05) is 17.4 Å². The Balaban J connectivity index is 2.21. The molecule has 0 atom stereocenters. The number of aromatic hydroxyl groups is 1. The van der Waals surface area contributed by atoms with Gasteiger partial charge in [-0.25, -0.2) is 9.18 Å². The molecule has 0 aliphatic rings. The number of hydrogen-bond donors (Lipinski definition) is 2. The molecule has 0 radical (unpaired) electrons. The summed E-state index contributed by atoms with van der Waals surface area (Å²) in [5, 5.41) is 9.72. The van der Waals surface area contributed by atoms with Crippen LogP contribution in [0, 0.1) is 18.6 Å². The maximum atomic E-state index is 14.0. The van der Waals surface area contributed by atoms with Gasteiger partial charge in [0.2, 0.25) is 5.82 Å². The Morgan fingerprint density at radius 3 is 2.65 bits per heavy atom. The van der Waals surface area contributed by atoms with E-state index in [-0.39, 0.29) is 28.8 Å². The number of benzene rings is 2. The molecule has 1 aromatic heterocycles. The molecule has 0 bridgehead atoms. The fraction of sp³-hybridized carbons (Fsp3) is 0.118. The van der Waals surface area contributed by atoms with Crippen LogP contribution < -0.4 is 11.4 Å². The van der Waals surface area contributed by atoms with E-state index >= 15 is 0 Å². The summed E-state index contributed by atoms with van der Waals surface area (Å²) in [7, 11) is 0. The van der Waals surface area contributed by atoms with E-state index in [4.69, 9.17) is 10.2 Å². The average molecular weight is 317 g/mol. The number of fused-ring (bicyclic) bond motifs is 1. The zero-order valence-electron chi connectivity index (χ0n) is 12.2. The molecule has 4 nitrogen and oxygen atoms in total. The highest BCUT2D eigenvalue weighted by Gasteiger charge is 2.18. The van der Waals surface area contributed by atoms with Crippen LogP contribution in [0.5, 0.6) is 5.75 Å². The molecule has 6 heteroatoms. The minimum Gasteiger partial charge on any atom is -0.505 e. The van der Waals surface area contributed by atoms with Crippen LogP contribution in [0.15, 0.2) is 39.5 Å². The van der Waals surface area contributed by atoms with Gasteiger partial charge in [-0.15, -0.1) is 0 Å². The van der Waals surface area contributed by atoms with Crippen LogP contribution in [0.2, 0.25) is 0 Å². The number of rotatable bonds is 2. The number of hydrogen-bond acceptors (Lipinski definition) is 4. The molecule has 0 amide bonds. The lowest BCUT2D eigenvalue weighted by Gasteiger charge is -2.10. The summed E-state index contributed by atoms with van der Waals surface area (Å²) in [4.78, 5) is 12.1. The summed E-state index contributed by atoms with van der Waals surface area (Å²) >= 11 is 0. The molecule has 0 saturated heterocycles. The van der Waals surface area contributed by atoms with Gasteiger partial charge in [0.15, 0.2) is 11.3 Å². The first-order valence-corrected chi connectivity index (χ1v) is 6.86. The van der Waals surface area contributed by atoms with Crippen molar-refractivity contribution in [3.05, 3.63) is 69.1 Å². The number of halogens is 2. The monoisotopic (exact) mass is 317 g/mol. The normalized spacial score (nSPS) is 11.1. The standard InChI is InChI=1S/C17H13F2NO3/c1-8-10-5-6-13(21)15(19)16(10)23-17(22)11(8)7-9-3-2-4-12(20)14(9)18/h2-6,21H,7,20H2,1H3. The van der Waals surface area contributed by atoms with Crippen molar-refractivity contribution in [2.24, 2.45) is 0 Å². The molecule has 0 spiro atoms. The van der Waals surface area contributed by atoms with E-state index in [1.165, 1.54) is 24.3 Å². The lowest BCUT2D eigenvalue weighted by Crippen LogP contribution is -2.12. The van der Waals surface area contributed by atoms with Gasteiger partial charge in [0.25, 0.3) is 0 Å². The molecule has 0 unspecified atom stereocenters. The molecular weight excluding hydrogens is 304 g/mol. The molecule has 0 saturated carbocycles. The van der Waals surface area contributed by atoms with E-state index in [0.29, 0.717) is 10.9 Å². The summed E-state index contributed by atoms with van der Waals surface area (Å²) in [6.07, 6.45) is -0.0243. The second-order valence-electron chi connectivity index (χ2n) is 5.27. The summed E-state index contributed by atoms with van der Waals surface area (Å²) < 4.78 is 32.9. The van der Waals surface area contributed by atoms with E-state index in [9.17, 15) is 18.7 Å². The summed E-state index contributed by atoms with van der Waals surface area (Å²) in [6, 6.07) is 7.16. The van der Waals surface area contributed by atoms with Gasteiger partial charge >= 0.3 is 5.63 Å². The molecule has 3 aromatic rings. The minimum atomic E-state index is -0.996. The Morgan fingerprint density at radius 1 is 1.17 bits per heavy atom. The molecule has 3 N–H and O–H groups in total. The zero-order chi connectivity index (χ0) is 16.7. The van der Waals surface area contributed by atoms with Crippen molar-refractivity contribution in [1.29, 1.82) is 0 Å². The van der Waals surface area contributed by atoms with Crippen molar-refractivity contribution >= 4 is 16.7 Å². The van der Waals surface area contributed by atoms with Gasteiger partial charge in [-0.1, -0.05) is 12.1 Å². The van der Waals surface area contributed by atoms with Gasteiger partial charge in [0.1, 0.15) is 5.82 Å². The van der Waals surface area contributed by atoms with Crippen molar-refractivity contribution in [3.63, 3.8) is 0 Å². The molecule has 0 aliphatic heterocycles. The van der Waals surface area contributed by atoms with Gasteiger partial charge in [-0.05, 0) is 36.2 Å². The second-order valence-corrected chi connectivity index (χ2v) is 5.27. The number of phenols is 1. The van der Waals surface area contributed by atoms with Crippen LogP contribution in [-0.2, 0) is 6.42 Å². The smallest absolute Gasteiger partial charge is 0.340 e. The third-order valence-corrected chi connectivity index (χ3v) is 3.85. The van der Waals surface area contributed by atoms with Crippen molar-refractivity contribution in [2.75, 3.05) is 5.73 Å². The number of phenolic OH excluding ortho intramolecular Hbond substituents is 1. The lowest BCUT2D eigenvalue weighted by molar-refractivity contribution is 0.424. The maximum absolute atomic E-state index is 14.0. The first kappa shape index (κ1) is 15.0. The van der Waals surface area contributed by atoms with E-state index < -0.39 is 23.0 Å². The van der Waals surface area contributed by atoms with E-state index in [1.54, 1.807) is 13.0 Å². The summed E-state index contributed by atoms with van der Waals surface area (Å²) in [5.41, 5.74) is 5.35. The quantitative estimate of drug-likeness (QED) is 0.562. The molecule has 3 rings (SSSR count). The second kappa shape index (κ2) is 5.39. The molecular formula is C17H13F2NO3. The predicted molar refractivity (Wildman–Crippen MR) is 82.5 cm³/mol. The van der Waals surface area contributed by atoms with E-state index in [0.717, 1.165) is 0 Å². The van der Waals surface area contributed by atoms with Crippen molar-refractivity contribution in [3.8, 4) is 5.75 Å². The first-order valence-electron chi connectivity index (χ1n) is 6.86. The largest absolute Gasteiger partial charge is 0.505 e. The molecule has 0 fully saturated rings. The summed E-state index contributed by atoms with van der Waals surface area (Å²) in [5.74, 6) is -2.19. The van der Waals surface area contributed by atoms with E-state index in [2.05, 4.69) is 0 Å². The SMILES string of the molecule is Cc1c(Cc2cccc(N)c2F)c(=O)oc2c(F)c(O)ccc12. The van der Waals surface area contributed by atoms with Crippen LogP contribution in [0.3, 0.4) is 0 Å². The van der Waals surface area contributed by atoms with Gasteiger partial charge in [-0.3, -0.25) is 0 Å². The van der Waals surface area contributed by atoms with Gasteiger partial charge in [-0.2, -0.15) is 4.39 Å². The van der Waals surface area contributed by atoms with Gasteiger partial charge < -0.3 is 15.3 Å². The third kappa shape index (κ3) is 2.42. The highest BCUT2D eigenvalue weighted by molar-refractivity contribution is 5.83. The number of nitrogens with two attached hydrogens (primary N) is 1. The molecule has 0 aliphatic carbocycles. The highest BCUT2D eigenvalue weighted by Crippen LogP contribution is 2.28. The number of aryl methyl sites for hydroxylation is 1. The minimum absolute atomic E-state index is 0.0127. The van der Waals surface area contributed by atoms with Crippen LogP contribution in [0.25, 0.3) is 11.0 Å². The van der Waals surface area contributed by atoms with Crippen LogP contribution in [-0.4, -0.2) is 5.11 Å². The fourth-order valence-corrected chi connectivity index (χ4v) is 2.54. The van der Waals surface area contributed by atoms with Crippen LogP contribution in [0.1, 0.15) is 16.7 Å². The Kier molecular flexibility index (Phi) is 3.52. The van der Waals surface area contributed by atoms with Crippen LogP contribution in [0.4, 0.5) is 14.5 Å². The van der Waals surface area contributed by atoms with Crippen molar-refractivity contribution < 1.29 is 18.3 Å². The Bertz CT molecular complexity index is 980. The Hall–Kier alpha value is -2.89. The summed E-state index contributed by atoms with van der Waals surface area (Å²) in [6.45, 7) is 1.62. The predicted octanol–water partition coefficient (Wildman–Crippen LogP) is 3.26. The highest BCUT2D eigenvalue weighted by atomic mass is 19.1. The van der Waals surface area contributed by atoms with E-state index in [1.807, 2.05) is 0 Å². The maximum Gasteiger partial charge on any atom is 0.340 e. The van der Waals surface area contributed by atoms with Crippen LogP contribution >= 0.6 is 0 Å². The first-order chi connectivity index (χ1) is 10.9. The molecule has 118 valence electrons. The van der Waals surface area contributed by atoms with Crippen molar-refractivity contribution in [1.82, 2.24) is 0 Å². The topological polar surface area (TPSA) is 76.5 Å². The fourth-order valence-electron chi connectivity index (χ4n) is 2.54. The molecule has 2 aromatic carbocycles. The lowest BCUT2D eigenvalue weighted by atomic mass is 9.99. The average Bonchev–Trinajstić information content (AvgIpc) is 2.52.